The molecule has 4 rings (SSSR count). The second kappa shape index (κ2) is 11.3. The number of benzene rings is 2. The van der Waals surface area contributed by atoms with E-state index in [1.165, 1.54) is 23.1 Å². The highest BCUT2D eigenvalue weighted by Gasteiger charge is 2.73. The van der Waals surface area contributed by atoms with E-state index >= 15 is 0 Å². The number of rotatable bonds is 7. The zero-order chi connectivity index (χ0) is 32.9. The summed E-state index contributed by atoms with van der Waals surface area (Å²) in [6, 6.07) is 7.86. The number of amides is 1. The van der Waals surface area contributed by atoms with Crippen LogP contribution in [0.15, 0.2) is 53.4 Å². The lowest BCUT2D eigenvalue weighted by Gasteiger charge is -2.40. The van der Waals surface area contributed by atoms with Crippen LogP contribution in [0.3, 0.4) is 0 Å². The first-order chi connectivity index (χ1) is 20.3. The number of likely N-dealkylation sites (tertiary alicyclic amines) is 1. The lowest BCUT2D eigenvalue weighted by atomic mass is 9.68. The molecule has 1 aliphatic carbocycles. The molecule has 0 radical (unpaired) electrons. The number of alkyl halides is 7. The molecule has 1 aliphatic heterocycles. The first-order valence-corrected chi connectivity index (χ1v) is 15.5. The third-order valence-corrected chi connectivity index (χ3v) is 11.8. The number of halogens is 7. The molecule has 0 aromatic heterocycles. The minimum absolute atomic E-state index is 0.0894. The van der Waals surface area contributed by atoms with Gasteiger partial charge in [0.15, 0.2) is 9.84 Å². The highest BCUT2D eigenvalue weighted by atomic mass is 32.2. The van der Waals surface area contributed by atoms with Crippen molar-refractivity contribution in [2.45, 2.75) is 80.0 Å². The minimum Gasteiger partial charge on any atom is -0.481 e. The number of carboxylic acids is 1. The Morgan fingerprint density at radius 3 is 1.98 bits per heavy atom. The van der Waals surface area contributed by atoms with Gasteiger partial charge in [-0.05, 0) is 68.7 Å². The summed E-state index contributed by atoms with van der Waals surface area (Å²) in [6.45, 7) is 2.87. The molecule has 1 N–H and O–H groups in total. The largest absolute Gasteiger partial charge is 0.481 e. The number of carboxylic acid groups (broad SMARTS) is 1. The van der Waals surface area contributed by atoms with Crippen molar-refractivity contribution in [2.75, 3.05) is 13.1 Å². The van der Waals surface area contributed by atoms with Crippen molar-refractivity contribution in [3.05, 3.63) is 65.2 Å². The molecular formula is C30H32F7NO5S. The number of carbonyl (C=O) groups excluding carboxylic acids is 1. The van der Waals surface area contributed by atoms with Gasteiger partial charge in [0.25, 0.3) is 0 Å². The van der Waals surface area contributed by atoms with Crippen LogP contribution in [0, 0.1) is 18.3 Å². The Bertz CT molecular complexity index is 1500. The van der Waals surface area contributed by atoms with E-state index in [0.29, 0.717) is 12.0 Å². The van der Waals surface area contributed by atoms with E-state index in [9.17, 15) is 53.8 Å². The van der Waals surface area contributed by atoms with Crippen molar-refractivity contribution in [1.29, 1.82) is 0 Å². The second-order valence-electron chi connectivity index (χ2n) is 11.8. The van der Waals surface area contributed by atoms with Gasteiger partial charge in [-0.15, -0.1) is 0 Å². The highest BCUT2D eigenvalue weighted by Crippen LogP contribution is 2.54. The molecule has 0 bridgehead atoms. The molecule has 44 heavy (non-hydrogen) atoms. The van der Waals surface area contributed by atoms with E-state index in [4.69, 9.17) is 0 Å². The van der Waals surface area contributed by atoms with E-state index in [-0.39, 0.29) is 61.2 Å². The Kier molecular flexibility index (Phi) is 8.68. The molecule has 1 amide bonds. The van der Waals surface area contributed by atoms with Crippen molar-refractivity contribution in [2.24, 2.45) is 11.3 Å². The lowest BCUT2D eigenvalue weighted by Crippen LogP contribution is -2.50. The van der Waals surface area contributed by atoms with Gasteiger partial charge in [0.05, 0.1) is 10.8 Å². The maximum Gasteiger partial charge on any atom is 0.435 e. The van der Waals surface area contributed by atoms with Crippen LogP contribution in [0.1, 0.15) is 62.1 Å². The molecule has 2 fully saturated rings. The summed E-state index contributed by atoms with van der Waals surface area (Å²) in [5, 5.41) is 9.39. The SMILES string of the molecule is CC[C@]1(C(=O)N2CCC(c3ccc(C(F)(C(F)(F)F)C(F)(F)F)cc3)(S(=O)(=O)c3cccc(C)c3)C2)CC[C@H](C(=O)O)CC1. The molecule has 2 aromatic carbocycles. The highest BCUT2D eigenvalue weighted by molar-refractivity contribution is 7.92. The van der Waals surface area contributed by atoms with Gasteiger partial charge in [-0.1, -0.05) is 43.3 Å². The van der Waals surface area contributed by atoms with Crippen LogP contribution in [-0.4, -0.2) is 55.7 Å². The molecule has 1 heterocycles. The molecular weight excluding hydrogens is 619 g/mol. The normalized spacial score (nSPS) is 25.2. The summed E-state index contributed by atoms with van der Waals surface area (Å²) < 4.78 is 122. The maximum absolute atomic E-state index is 14.8. The minimum atomic E-state index is -6.34. The molecule has 2 aliphatic rings. The number of carbonyl (C=O) groups is 2. The summed E-state index contributed by atoms with van der Waals surface area (Å²) >= 11 is 0. The summed E-state index contributed by atoms with van der Waals surface area (Å²) in [5.74, 6) is -1.97. The second-order valence-corrected chi connectivity index (χ2v) is 14.0. The topological polar surface area (TPSA) is 91.8 Å². The van der Waals surface area contributed by atoms with Crippen LogP contribution in [-0.2, 0) is 29.8 Å². The lowest BCUT2D eigenvalue weighted by molar-refractivity contribution is -0.348. The Hall–Kier alpha value is -3.16. The number of sulfone groups is 1. The molecule has 6 nitrogen and oxygen atoms in total. The standard InChI is InChI=1S/C30H32F7NO5S/c1-3-26(13-11-20(12-14-26)24(39)40)25(41)38-16-15-27(18-38,44(42,43)23-6-4-5-19(2)17-23)21-7-9-22(10-8-21)28(31,29(32,33)34)30(35,36)37/h4-10,17,20H,3,11-16,18H2,1-2H3,(H,39,40)/t20-,26-,27?. The number of aryl methyl sites for hydroxylation is 1. The average Bonchev–Trinajstić information content (AvgIpc) is 3.42. The fourth-order valence-corrected chi connectivity index (χ4v) is 8.72. The predicted molar refractivity (Wildman–Crippen MR) is 145 cm³/mol. The third-order valence-electron chi connectivity index (χ3n) is 9.35. The third kappa shape index (κ3) is 5.36. The van der Waals surface area contributed by atoms with Gasteiger partial charge in [0, 0.05) is 24.1 Å². The van der Waals surface area contributed by atoms with Crippen molar-refractivity contribution < 1.29 is 53.8 Å². The van der Waals surface area contributed by atoms with Gasteiger partial charge >= 0.3 is 24.0 Å². The van der Waals surface area contributed by atoms with Gasteiger partial charge in [-0.2, -0.15) is 26.3 Å². The van der Waals surface area contributed by atoms with Gasteiger partial charge in [-0.25, -0.2) is 12.8 Å². The van der Waals surface area contributed by atoms with Crippen LogP contribution < -0.4 is 0 Å². The fourth-order valence-electron chi connectivity index (χ4n) is 6.54. The zero-order valence-electron chi connectivity index (χ0n) is 23.9. The van der Waals surface area contributed by atoms with Crippen LogP contribution >= 0.6 is 0 Å². The van der Waals surface area contributed by atoms with E-state index in [0.717, 1.165) is 12.1 Å². The molecule has 1 atom stereocenters. The van der Waals surface area contributed by atoms with Gasteiger partial charge in [0.1, 0.15) is 4.75 Å². The Labute approximate surface area is 250 Å². The summed E-state index contributed by atoms with van der Waals surface area (Å²) in [5.41, 5.74) is -8.02. The fraction of sp³-hybridized carbons (Fsp3) is 0.533. The van der Waals surface area contributed by atoms with Crippen LogP contribution in [0.4, 0.5) is 30.7 Å². The molecule has 1 unspecified atom stereocenters. The van der Waals surface area contributed by atoms with Crippen LogP contribution in [0.2, 0.25) is 0 Å². The first-order valence-electron chi connectivity index (χ1n) is 14.0. The molecule has 2 aromatic rings. The molecule has 0 spiro atoms. The number of hydrogen-bond acceptors (Lipinski definition) is 4. The monoisotopic (exact) mass is 651 g/mol. The zero-order valence-corrected chi connectivity index (χ0v) is 24.8. The van der Waals surface area contributed by atoms with Crippen LogP contribution in [0.25, 0.3) is 0 Å². The summed E-state index contributed by atoms with van der Waals surface area (Å²) in [6.07, 6.45) is -11.5. The van der Waals surface area contributed by atoms with Gasteiger partial charge < -0.3 is 10.0 Å². The average molecular weight is 652 g/mol. The Morgan fingerprint density at radius 2 is 1.50 bits per heavy atom. The maximum atomic E-state index is 14.8. The van der Waals surface area contributed by atoms with Crippen molar-refractivity contribution >= 4 is 21.7 Å². The van der Waals surface area contributed by atoms with E-state index in [1.807, 2.05) is 0 Å². The van der Waals surface area contributed by atoms with Gasteiger partial charge in [0.2, 0.25) is 5.91 Å². The van der Waals surface area contributed by atoms with E-state index < -0.39 is 67.9 Å². The van der Waals surface area contributed by atoms with E-state index in [2.05, 4.69) is 0 Å². The van der Waals surface area contributed by atoms with Crippen molar-refractivity contribution in [1.82, 2.24) is 4.90 Å². The van der Waals surface area contributed by atoms with E-state index in [1.54, 1.807) is 19.9 Å². The molecule has 14 heteroatoms. The number of hydrogen-bond donors (Lipinski definition) is 1. The van der Waals surface area contributed by atoms with Gasteiger partial charge in [-0.3, -0.25) is 9.59 Å². The predicted octanol–water partition coefficient (Wildman–Crippen LogP) is 6.86. The first kappa shape index (κ1) is 33.7. The quantitative estimate of drug-likeness (QED) is 0.331. The Morgan fingerprint density at radius 1 is 0.932 bits per heavy atom. The number of aliphatic carboxylic acids is 1. The van der Waals surface area contributed by atoms with Crippen molar-refractivity contribution in [3.63, 3.8) is 0 Å². The Balaban J connectivity index is 1.79. The van der Waals surface area contributed by atoms with Crippen LogP contribution in [0.5, 0.6) is 0 Å². The summed E-state index contributed by atoms with van der Waals surface area (Å²) in [4.78, 5) is 26.6. The smallest absolute Gasteiger partial charge is 0.435 e. The molecule has 242 valence electrons. The summed E-state index contributed by atoms with van der Waals surface area (Å²) in [7, 11) is -4.43. The molecule has 1 saturated heterocycles. The molecule has 1 saturated carbocycles. The van der Waals surface area contributed by atoms with Crippen molar-refractivity contribution in [3.8, 4) is 0 Å². The number of nitrogens with zero attached hydrogens (tertiary/aromatic N) is 1.